The van der Waals surface area contributed by atoms with Crippen LogP contribution in [-0.2, 0) is 9.53 Å². The number of hydrogen-bond acceptors (Lipinski definition) is 5. The van der Waals surface area contributed by atoms with Crippen LogP contribution in [0, 0.1) is 4.84 Å². The fourth-order valence-electron chi connectivity index (χ4n) is 2.52. The van der Waals surface area contributed by atoms with Gasteiger partial charge in [-0.15, -0.1) is 0 Å². The van der Waals surface area contributed by atoms with Gasteiger partial charge in [0.15, 0.2) is 5.58 Å². The number of fused-ring (bicyclic) bond motifs is 1. The number of benzene rings is 1. The first-order valence-electron chi connectivity index (χ1n) is 7.04. The van der Waals surface area contributed by atoms with Crippen LogP contribution in [0.15, 0.2) is 22.6 Å². The molecule has 0 aliphatic heterocycles. The van der Waals surface area contributed by atoms with Crippen LogP contribution in [0.1, 0.15) is 30.1 Å². The third kappa shape index (κ3) is 2.64. The maximum absolute atomic E-state index is 12.8. The van der Waals surface area contributed by atoms with E-state index in [0.29, 0.717) is 11.1 Å². The van der Waals surface area contributed by atoms with Crippen LogP contribution in [0.25, 0.3) is 11.1 Å². The number of H-pyrrole nitrogens is 1. The number of carbonyl (C=O) groups excluding carboxylic acids is 2. The number of ether oxygens (including phenoxy) is 1. The van der Waals surface area contributed by atoms with Crippen LogP contribution in [0.2, 0.25) is 0 Å². The lowest BCUT2D eigenvalue weighted by Gasteiger charge is -2.27. The number of nitrogens with zero attached hydrogens (tertiary/aromatic N) is 1. The molecule has 1 amide bonds. The van der Waals surface area contributed by atoms with Gasteiger partial charge < -0.3 is 19.0 Å². The van der Waals surface area contributed by atoms with E-state index in [9.17, 15) is 9.59 Å². The molecule has 3 rings (SSSR count). The number of aromatic amines is 1. The van der Waals surface area contributed by atoms with E-state index in [1.54, 1.807) is 30.0 Å². The summed E-state index contributed by atoms with van der Waals surface area (Å²) < 4.78 is 10.1. The van der Waals surface area contributed by atoms with Gasteiger partial charge in [0.2, 0.25) is 0 Å². The Morgan fingerprint density at radius 3 is 2.82 bits per heavy atom. The van der Waals surface area contributed by atoms with E-state index in [4.69, 9.17) is 21.4 Å². The number of amides is 1. The van der Waals surface area contributed by atoms with Crippen LogP contribution in [0.4, 0.5) is 0 Å². The first kappa shape index (κ1) is 14.8. The smallest absolute Gasteiger partial charge is 0.328 e. The van der Waals surface area contributed by atoms with Crippen molar-refractivity contribution in [2.45, 2.75) is 31.8 Å². The third-order valence-corrected chi connectivity index (χ3v) is 3.99. The summed E-state index contributed by atoms with van der Waals surface area (Å²) in [4.78, 5) is 29.3. The molecule has 7 heteroatoms. The molecule has 1 aliphatic carbocycles. The fraction of sp³-hybridized carbons (Fsp3) is 0.400. The number of oxazole rings is 1. The average molecular weight is 320 g/mol. The molecule has 0 radical (unpaired) electrons. The van der Waals surface area contributed by atoms with Crippen molar-refractivity contribution >= 4 is 35.2 Å². The number of aromatic nitrogens is 1. The maximum atomic E-state index is 12.8. The molecule has 1 fully saturated rings. The van der Waals surface area contributed by atoms with Gasteiger partial charge in [0.25, 0.3) is 10.7 Å². The number of methoxy groups -OCH3 is 1. The van der Waals surface area contributed by atoms with E-state index in [2.05, 4.69) is 4.98 Å². The minimum absolute atomic E-state index is 0.0926. The molecule has 116 valence electrons. The highest BCUT2D eigenvalue weighted by atomic mass is 32.1. The molecule has 0 saturated heterocycles. The van der Waals surface area contributed by atoms with Crippen molar-refractivity contribution in [3.05, 3.63) is 28.6 Å². The lowest BCUT2D eigenvalue weighted by molar-refractivity contribution is -0.145. The Kier molecular flexibility index (Phi) is 3.74. The van der Waals surface area contributed by atoms with Gasteiger partial charge in [0.05, 0.1) is 12.6 Å². The molecule has 1 aromatic heterocycles. The Bertz CT molecular complexity index is 790. The minimum atomic E-state index is -0.613. The Balaban J connectivity index is 1.94. The zero-order valence-electron chi connectivity index (χ0n) is 12.3. The lowest BCUT2D eigenvalue weighted by Crippen LogP contribution is -2.45. The Labute approximate surface area is 132 Å². The first-order chi connectivity index (χ1) is 10.5. The van der Waals surface area contributed by atoms with E-state index in [1.807, 2.05) is 0 Å². The van der Waals surface area contributed by atoms with Crippen molar-refractivity contribution in [1.82, 2.24) is 9.88 Å². The van der Waals surface area contributed by atoms with Crippen molar-refractivity contribution in [3.8, 4) is 0 Å². The van der Waals surface area contributed by atoms with E-state index >= 15 is 0 Å². The van der Waals surface area contributed by atoms with Crippen molar-refractivity contribution in [2.24, 2.45) is 0 Å². The van der Waals surface area contributed by atoms with Crippen LogP contribution in [0.5, 0.6) is 0 Å². The Morgan fingerprint density at radius 2 is 2.18 bits per heavy atom. The molecule has 0 bridgehead atoms. The van der Waals surface area contributed by atoms with Crippen LogP contribution in [-0.4, -0.2) is 41.0 Å². The molecule has 1 atom stereocenters. The van der Waals surface area contributed by atoms with Crippen LogP contribution >= 0.6 is 12.2 Å². The van der Waals surface area contributed by atoms with Crippen molar-refractivity contribution in [3.63, 3.8) is 0 Å². The van der Waals surface area contributed by atoms with Gasteiger partial charge >= 0.3 is 5.97 Å². The number of hydrogen-bond donors (Lipinski definition) is 1. The topological polar surface area (TPSA) is 75.5 Å². The number of rotatable bonds is 4. The molecular weight excluding hydrogens is 304 g/mol. The Hall–Kier alpha value is -2.15. The molecular formula is C15H16N2O4S. The van der Waals surface area contributed by atoms with Crippen molar-refractivity contribution < 1.29 is 18.7 Å². The summed E-state index contributed by atoms with van der Waals surface area (Å²) in [6, 6.07) is 4.57. The van der Waals surface area contributed by atoms with Crippen molar-refractivity contribution in [2.75, 3.05) is 7.11 Å². The highest BCUT2D eigenvalue weighted by molar-refractivity contribution is 7.71. The number of nitrogens with one attached hydrogen (secondary N) is 1. The maximum Gasteiger partial charge on any atom is 0.328 e. The van der Waals surface area contributed by atoms with Gasteiger partial charge in [0, 0.05) is 11.6 Å². The van der Waals surface area contributed by atoms with Gasteiger partial charge in [-0.3, -0.25) is 4.79 Å². The largest absolute Gasteiger partial charge is 0.467 e. The second-order valence-electron chi connectivity index (χ2n) is 5.37. The zero-order valence-corrected chi connectivity index (χ0v) is 13.1. The van der Waals surface area contributed by atoms with Crippen LogP contribution in [0.3, 0.4) is 0 Å². The highest BCUT2D eigenvalue weighted by Gasteiger charge is 2.39. The van der Waals surface area contributed by atoms with Gasteiger partial charge in [0.1, 0.15) is 6.04 Å². The second kappa shape index (κ2) is 5.57. The summed E-state index contributed by atoms with van der Waals surface area (Å²) in [5, 5.41) is 0. The SMILES string of the molecule is COC(=O)[C@H](C)N(C(=O)c1ccc2[nH]c(=S)oc2c1)C1CC1. The highest BCUT2D eigenvalue weighted by Crippen LogP contribution is 2.31. The molecule has 1 N–H and O–H groups in total. The normalized spacial score (nSPS) is 15.5. The fourth-order valence-corrected chi connectivity index (χ4v) is 2.72. The molecule has 0 unspecified atom stereocenters. The minimum Gasteiger partial charge on any atom is -0.467 e. The monoisotopic (exact) mass is 320 g/mol. The van der Waals surface area contributed by atoms with E-state index in [0.717, 1.165) is 18.4 Å². The van der Waals surface area contributed by atoms with Gasteiger partial charge in [-0.2, -0.15) is 0 Å². The quantitative estimate of drug-likeness (QED) is 0.692. The molecule has 1 saturated carbocycles. The average Bonchev–Trinajstić information content (AvgIpc) is 3.26. The number of esters is 1. The van der Waals surface area contributed by atoms with Gasteiger partial charge in [-0.25, -0.2) is 4.79 Å². The van der Waals surface area contributed by atoms with E-state index < -0.39 is 12.0 Å². The number of carbonyl (C=O) groups is 2. The summed E-state index contributed by atoms with van der Waals surface area (Å²) in [7, 11) is 1.32. The summed E-state index contributed by atoms with van der Waals surface area (Å²) in [6.45, 7) is 1.68. The van der Waals surface area contributed by atoms with Gasteiger partial charge in [-0.05, 0) is 50.2 Å². The van der Waals surface area contributed by atoms with Crippen LogP contribution < -0.4 is 0 Å². The standard InChI is InChI=1S/C15H16N2O4S/c1-8(14(19)20-2)17(10-4-5-10)13(18)9-3-6-11-12(7-9)21-15(22)16-11/h3,6-8,10H,4-5H2,1-2H3,(H,16,22)/t8-/m0/s1. The molecule has 22 heavy (non-hydrogen) atoms. The molecule has 0 spiro atoms. The summed E-state index contributed by atoms with van der Waals surface area (Å²) in [5.41, 5.74) is 1.73. The molecule has 1 heterocycles. The predicted molar refractivity (Wildman–Crippen MR) is 82.1 cm³/mol. The molecule has 1 aromatic carbocycles. The predicted octanol–water partition coefficient (Wildman–Crippen LogP) is 2.66. The summed E-state index contributed by atoms with van der Waals surface area (Å²) in [6.07, 6.45) is 1.81. The zero-order chi connectivity index (χ0) is 15.9. The van der Waals surface area contributed by atoms with Crippen molar-refractivity contribution in [1.29, 1.82) is 0 Å². The first-order valence-corrected chi connectivity index (χ1v) is 7.45. The van der Waals surface area contributed by atoms with E-state index in [1.165, 1.54) is 7.11 Å². The van der Waals surface area contributed by atoms with Gasteiger partial charge in [-0.1, -0.05) is 0 Å². The summed E-state index contributed by atoms with van der Waals surface area (Å²) >= 11 is 4.94. The van der Waals surface area contributed by atoms with E-state index in [-0.39, 0.29) is 16.8 Å². The molecule has 6 nitrogen and oxygen atoms in total. The Morgan fingerprint density at radius 1 is 1.45 bits per heavy atom. The lowest BCUT2D eigenvalue weighted by atomic mass is 10.1. The third-order valence-electron chi connectivity index (χ3n) is 3.80. The molecule has 1 aliphatic rings. The summed E-state index contributed by atoms with van der Waals surface area (Å²) in [5.74, 6) is -0.620. The second-order valence-corrected chi connectivity index (χ2v) is 5.74. The molecule has 2 aromatic rings.